The molecule has 1 spiro atoms. The first-order valence-corrected chi connectivity index (χ1v) is 11.0. The first-order valence-electron chi connectivity index (χ1n) is 11.0. The summed E-state index contributed by atoms with van der Waals surface area (Å²) >= 11 is 0. The maximum absolute atomic E-state index is 12.2. The van der Waals surface area contributed by atoms with Crippen molar-refractivity contribution in [2.24, 2.45) is 5.73 Å². The fraction of sp³-hybridized carbons (Fsp3) is 0.435. The summed E-state index contributed by atoms with van der Waals surface area (Å²) in [6.45, 7) is 3.12. The number of hydrogen-bond donors (Lipinski definition) is 3. The highest BCUT2D eigenvalue weighted by atomic mass is 16.5. The Labute approximate surface area is 184 Å². The lowest BCUT2D eigenvalue weighted by Gasteiger charge is -2.27. The number of nitrogens with two attached hydrogens (primary N) is 1. The SMILES string of the molecule is NC(=O)CCn1cc(CN2CCC[C@]3(CC2)Cc2c([nH]c(=O)[nH]c2=O)O3)c2ccccc21. The van der Waals surface area contributed by atoms with Gasteiger partial charge in [-0.3, -0.25) is 24.5 Å². The van der Waals surface area contributed by atoms with E-state index in [2.05, 4.69) is 37.8 Å². The highest BCUT2D eigenvalue weighted by Crippen LogP contribution is 2.38. The molecule has 1 aromatic carbocycles. The van der Waals surface area contributed by atoms with Crippen LogP contribution in [0.1, 0.15) is 36.8 Å². The quantitative estimate of drug-likeness (QED) is 0.554. The molecule has 32 heavy (non-hydrogen) atoms. The molecular weight excluding hydrogens is 410 g/mol. The number of nitrogens with zero attached hydrogens (tertiary/aromatic N) is 2. The van der Waals surface area contributed by atoms with Crippen molar-refractivity contribution in [3.8, 4) is 5.88 Å². The maximum atomic E-state index is 12.2. The lowest BCUT2D eigenvalue weighted by Crippen LogP contribution is -2.36. The summed E-state index contributed by atoms with van der Waals surface area (Å²) in [5, 5.41) is 1.18. The van der Waals surface area contributed by atoms with Crippen molar-refractivity contribution >= 4 is 16.8 Å². The minimum absolute atomic E-state index is 0.306. The second-order valence-electron chi connectivity index (χ2n) is 8.89. The van der Waals surface area contributed by atoms with Gasteiger partial charge in [0.1, 0.15) is 5.60 Å². The lowest BCUT2D eigenvalue weighted by molar-refractivity contribution is -0.118. The Bertz CT molecular complexity index is 1290. The first-order chi connectivity index (χ1) is 15.4. The molecule has 2 aliphatic heterocycles. The van der Waals surface area contributed by atoms with Gasteiger partial charge in [0.15, 0.2) is 0 Å². The minimum Gasteiger partial charge on any atom is -0.472 e. The molecule has 2 aliphatic rings. The van der Waals surface area contributed by atoms with Crippen molar-refractivity contribution in [3.63, 3.8) is 0 Å². The molecule has 9 heteroatoms. The van der Waals surface area contributed by atoms with Crippen molar-refractivity contribution in [2.75, 3.05) is 13.1 Å². The number of aromatic nitrogens is 3. The van der Waals surface area contributed by atoms with Crippen LogP contribution >= 0.6 is 0 Å². The van der Waals surface area contributed by atoms with Crippen LogP contribution in [0.4, 0.5) is 0 Å². The van der Waals surface area contributed by atoms with Gasteiger partial charge in [0.05, 0.1) is 5.56 Å². The monoisotopic (exact) mass is 437 g/mol. The normalized spacial score (nSPS) is 20.9. The summed E-state index contributed by atoms with van der Waals surface area (Å²) in [5.41, 5.74) is 6.88. The number of nitrogens with one attached hydrogen (secondary N) is 2. The third kappa shape index (κ3) is 3.84. The maximum Gasteiger partial charge on any atom is 0.328 e. The number of likely N-dealkylation sites (tertiary alicyclic amines) is 1. The molecule has 168 valence electrons. The highest BCUT2D eigenvalue weighted by molar-refractivity contribution is 5.84. The topological polar surface area (TPSA) is 126 Å². The Morgan fingerprint density at radius 1 is 1.16 bits per heavy atom. The largest absolute Gasteiger partial charge is 0.472 e. The number of H-pyrrole nitrogens is 2. The van der Waals surface area contributed by atoms with E-state index >= 15 is 0 Å². The number of para-hydroxylation sites is 1. The van der Waals surface area contributed by atoms with Crippen LogP contribution in [0.25, 0.3) is 10.9 Å². The Morgan fingerprint density at radius 2 is 2.00 bits per heavy atom. The highest BCUT2D eigenvalue weighted by Gasteiger charge is 2.42. The summed E-state index contributed by atoms with van der Waals surface area (Å²) in [5.74, 6) is 0.0182. The van der Waals surface area contributed by atoms with Crippen LogP contribution in [-0.2, 0) is 24.3 Å². The number of carbonyl (C=O) groups excluding carboxylic acids is 1. The zero-order valence-corrected chi connectivity index (χ0v) is 17.9. The molecule has 3 aromatic rings. The van der Waals surface area contributed by atoms with Gasteiger partial charge < -0.3 is 15.0 Å². The lowest BCUT2D eigenvalue weighted by atomic mass is 9.90. The van der Waals surface area contributed by atoms with E-state index < -0.39 is 11.3 Å². The summed E-state index contributed by atoms with van der Waals surface area (Å²) in [6.07, 6.45) is 5.51. The van der Waals surface area contributed by atoms with Crippen molar-refractivity contribution in [1.29, 1.82) is 0 Å². The summed E-state index contributed by atoms with van der Waals surface area (Å²) in [4.78, 5) is 42.4. The summed E-state index contributed by atoms with van der Waals surface area (Å²) in [7, 11) is 0. The first kappa shape index (κ1) is 20.6. The Hall–Kier alpha value is -3.33. The predicted octanol–water partition coefficient (Wildman–Crippen LogP) is 1.25. The molecule has 0 bridgehead atoms. The van der Waals surface area contributed by atoms with Crippen molar-refractivity contribution in [3.05, 3.63) is 62.4 Å². The van der Waals surface area contributed by atoms with E-state index in [1.54, 1.807) is 0 Å². The van der Waals surface area contributed by atoms with Crippen LogP contribution in [0.5, 0.6) is 5.88 Å². The number of aryl methyl sites for hydroxylation is 1. The number of aromatic amines is 2. The van der Waals surface area contributed by atoms with Gasteiger partial charge in [0, 0.05) is 56.0 Å². The molecular formula is C23H27N5O4. The zero-order chi connectivity index (χ0) is 22.3. The zero-order valence-electron chi connectivity index (χ0n) is 17.9. The number of fused-ring (bicyclic) bond motifs is 2. The average molecular weight is 438 g/mol. The number of carbonyl (C=O) groups is 1. The van der Waals surface area contributed by atoms with E-state index in [0.29, 0.717) is 30.8 Å². The molecule has 4 heterocycles. The van der Waals surface area contributed by atoms with Crippen molar-refractivity contribution in [2.45, 2.75) is 50.8 Å². The van der Waals surface area contributed by atoms with Crippen LogP contribution in [0.2, 0.25) is 0 Å². The predicted molar refractivity (Wildman–Crippen MR) is 120 cm³/mol. The molecule has 9 nitrogen and oxygen atoms in total. The van der Waals surface area contributed by atoms with Crippen molar-refractivity contribution in [1.82, 2.24) is 19.4 Å². The van der Waals surface area contributed by atoms with Gasteiger partial charge in [-0.05, 0) is 31.0 Å². The molecule has 1 fully saturated rings. The Balaban J connectivity index is 1.33. The number of amides is 1. The molecule has 0 saturated carbocycles. The summed E-state index contributed by atoms with van der Waals surface area (Å²) in [6, 6.07) is 8.22. The summed E-state index contributed by atoms with van der Waals surface area (Å²) < 4.78 is 8.26. The number of benzene rings is 1. The molecule has 0 radical (unpaired) electrons. The average Bonchev–Trinajstić information content (AvgIpc) is 3.22. The fourth-order valence-electron chi connectivity index (χ4n) is 5.08. The molecule has 5 rings (SSSR count). The minimum atomic E-state index is -0.534. The molecule has 0 aliphatic carbocycles. The van der Waals surface area contributed by atoms with Gasteiger partial charge >= 0.3 is 5.69 Å². The van der Waals surface area contributed by atoms with Crippen LogP contribution in [0.3, 0.4) is 0 Å². The third-order valence-corrected chi connectivity index (χ3v) is 6.67. The van der Waals surface area contributed by atoms with Crippen LogP contribution in [0, 0.1) is 0 Å². The van der Waals surface area contributed by atoms with E-state index in [1.807, 2.05) is 12.1 Å². The molecule has 2 aromatic heterocycles. The van der Waals surface area contributed by atoms with Gasteiger partial charge in [0.2, 0.25) is 11.8 Å². The van der Waals surface area contributed by atoms with Gasteiger partial charge in [0.25, 0.3) is 5.56 Å². The van der Waals surface area contributed by atoms with E-state index in [1.165, 1.54) is 10.9 Å². The molecule has 0 unspecified atom stereocenters. The van der Waals surface area contributed by atoms with Gasteiger partial charge in [-0.2, -0.15) is 0 Å². The second kappa shape index (κ2) is 7.98. The Kier molecular flexibility index (Phi) is 5.13. The van der Waals surface area contributed by atoms with E-state index in [9.17, 15) is 14.4 Å². The van der Waals surface area contributed by atoms with Crippen LogP contribution in [-0.4, -0.2) is 44.0 Å². The molecule has 1 amide bonds. The second-order valence-corrected chi connectivity index (χ2v) is 8.89. The van der Waals surface area contributed by atoms with E-state index in [4.69, 9.17) is 10.5 Å². The van der Waals surface area contributed by atoms with E-state index in [0.717, 1.165) is 44.4 Å². The van der Waals surface area contributed by atoms with E-state index in [-0.39, 0.29) is 11.5 Å². The van der Waals surface area contributed by atoms with Gasteiger partial charge in [-0.15, -0.1) is 0 Å². The standard InChI is InChI=1S/C23H27N5O4/c24-19(29)6-10-28-14-15(16-4-1-2-5-18(16)28)13-27-9-3-7-23(8-11-27)12-17-20(30)25-22(31)26-21(17)32-23/h1-2,4-5,14H,3,6-13H2,(H2,24,29)(H2,25,26,30,31)/t23-/m0/s1. The number of primary amides is 1. The van der Waals surface area contributed by atoms with Crippen LogP contribution < -0.4 is 21.7 Å². The Morgan fingerprint density at radius 3 is 2.84 bits per heavy atom. The van der Waals surface area contributed by atoms with Crippen molar-refractivity contribution < 1.29 is 9.53 Å². The fourth-order valence-corrected chi connectivity index (χ4v) is 5.08. The number of hydrogen-bond acceptors (Lipinski definition) is 5. The third-order valence-electron chi connectivity index (χ3n) is 6.67. The smallest absolute Gasteiger partial charge is 0.328 e. The molecule has 1 saturated heterocycles. The van der Waals surface area contributed by atoms with Gasteiger partial charge in [-0.1, -0.05) is 18.2 Å². The number of rotatable bonds is 5. The van der Waals surface area contributed by atoms with Gasteiger partial charge in [-0.25, -0.2) is 4.79 Å². The number of ether oxygens (including phenoxy) is 1. The van der Waals surface area contributed by atoms with Crippen LogP contribution in [0.15, 0.2) is 40.1 Å². The molecule has 4 N–H and O–H groups in total. The molecule has 1 atom stereocenters.